The van der Waals surface area contributed by atoms with Crippen LogP contribution in [0.25, 0.3) is 11.0 Å². The molecular formula is C15H19N3O2. The summed E-state index contributed by atoms with van der Waals surface area (Å²) in [5.41, 5.74) is 1.83. The number of aromatic nitrogens is 2. The summed E-state index contributed by atoms with van der Waals surface area (Å²) in [4.78, 5) is 21.6. The predicted octanol–water partition coefficient (Wildman–Crippen LogP) is 1.34. The van der Waals surface area contributed by atoms with Crippen LogP contribution in [0.1, 0.15) is 18.4 Å². The Kier molecular flexibility index (Phi) is 3.69. The van der Waals surface area contributed by atoms with Crippen molar-refractivity contribution in [3.05, 3.63) is 30.1 Å². The zero-order chi connectivity index (χ0) is 13.9. The molecule has 2 aromatic heterocycles. The number of hydrogen-bond donors (Lipinski definition) is 2. The van der Waals surface area contributed by atoms with Crippen LogP contribution < -0.4 is 0 Å². The quantitative estimate of drug-likeness (QED) is 0.886. The SMILES string of the molecule is O=C(Cc1c[nH]c2ncccc12)N1CCC(CO)CC1. The maximum absolute atomic E-state index is 12.3. The van der Waals surface area contributed by atoms with E-state index in [0.29, 0.717) is 12.3 Å². The second-order valence-electron chi connectivity index (χ2n) is 5.40. The van der Waals surface area contributed by atoms with Gasteiger partial charge in [0.15, 0.2) is 0 Å². The largest absolute Gasteiger partial charge is 0.396 e. The molecule has 0 aromatic carbocycles. The van der Waals surface area contributed by atoms with Crippen LogP contribution in [0.2, 0.25) is 0 Å². The van der Waals surface area contributed by atoms with E-state index in [4.69, 9.17) is 5.11 Å². The van der Waals surface area contributed by atoms with Gasteiger partial charge in [0, 0.05) is 37.5 Å². The summed E-state index contributed by atoms with van der Waals surface area (Å²) in [5.74, 6) is 0.516. The normalized spacial score (nSPS) is 16.8. The second-order valence-corrected chi connectivity index (χ2v) is 5.40. The van der Waals surface area contributed by atoms with Gasteiger partial charge in [-0.15, -0.1) is 0 Å². The summed E-state index contributed by atoms with van der Waals surface area (Å²) in [5, 5.41) is 10.1. The monoisotopic (exact) mass is 273 g/mol. The number of piperidine rings is 1. The minimum atomic E-state index is 0.158. The predicted molar refractivity (Wildman–Crippen MR) is 76.2 cm³/mol. The smallest absolute Gasteiger partial charge is 0.227 e. The van der Waals surface area contributed by atoms with Gasteiger partial charge in [0.25, 0.3) is 0 Å². The van der Waals surface area contributed by atoms with Crippen LogP contribution in [0.3, 0.4) is 0 Å². The first-order chi connectivity index (χ1) is 9.78. The molecule has 0 bridgehead atoms. The van der Waals surface area contributed by atoms with Gasteiger partial charge in [-0.2, -0.15) is 0 Å². The molecule has 106 valence electrons. The summed E-state index contributed by atoms with van der Waals surface area (Å²) in [6.45, 7) is 1.74. The van der Waals surface area contributed by atoms with Crippen molar-refractivity contribution in [3.63, 3.8) is 0 Å². The fourth-order valence-electron chi connectivity index (χ4n) is 2.80. The molecule has 0 unspecified atom stereocenters. The van der Waals surface area contributed by atoms with Gasteiger partial charge >= 0.3 is 0 Å². The number of aliphatic hydroxyl groups excluding tert-OH is 1. The first kappa shape index (κ1) is 13.1. The Balaban J connectivity index is 1.67. The number of carbonyl (C=O) groups is 1. The maximum atomic E-state index is 12.3. The van der Waals surface area contributed by atoms with Gasteiger partial charge in [0.1, 0.15) is 5.65 Å². The van der Waals surface area contributed by atoms with Crippen LogP contribution in [-0.4, -0.2) is 45.6 Å². The highest BCUT2D eigenvalue weighted by Gasteiger charge is 2.22. The van der Waals surface area contributed by atoms with E-state index in [2.05, 4.69) is 9.97 Å². The molecule has 20 heavy (non-hydrogen) atoms. The van der Waals surface area contributed by atoms with Gasteiger partial charge in [-0.05, 0) is 36.5 Å². The standard InChI is InChI=1S/C15H19N3O2/c19-10-11-3-6-18(7-4-11)14(20)8-12-9-17-15-13(12)2-1-5-16-15/h1-2,5,9,11,19H,3-4,6-8,10H2,(H,16,17). The molecule has 0 atom stereocenters. The van der Waals surface area contributed by atoms with Crippen molar-refractivity contribution in [2.24, 2.45) is 5.92 Å². The Labute approximate surface area is 117 Å². The molecule has 2 aromatic rings. The maximum Gasteiger partial charge on any atom is 0.227 e. The van der Waals surface area contributed by atoms with E-state index >= 15 is 0 Å². The van der Waals surface area contributed by atoms with Gasteiger partial charge in [0.05, 0.1) is 6.42 Å². The molecule has 5 nitrogen and oxygen atoms in total. The molecule has 1 saturated heterocycles. The molecule has 1 aliphatic heterocycles. The fourth-order valence-corrected chi connectivity index (χ4v) is 2.80. The second kappa shape index (κ2) is 5.63. The van der Waals surface area contributed by atoms with E-state index < -0.39 is 0 Å². The van der Waals surface area contributed by atoms with Gasteiger partial charge in [-0.1, -0.05) is 0 Å². The molecule has 0 spiro atoms. The van der Waals surface area contributed by atoms with E-state index in [-0.39, 0.29) is 12.5 Å². The van der Waals surface area contributed by atoms with Crippen molar-refractivity contribution >= 4 is 16.9 Å². The zero-order valence-corrected chi connectivity index (χ0v) is 11.4. The fraction of sp³-hybridized carbons (Fsp3) is 0.467. The number of fused-ring (bicyclic) bond motifs is 1. The Hall–Kier alpha value is -1.88. The summed E-state index contributed by atoms with van der Waals surface area (Å²) >= 11 is 0. The highest BCUT2D eigenvalue weighted by atomic mass is 16.3. The van der Waals surface area contributed by atoms with E-state index in [1.807, 2.05) is 23.2 Å². The highest BCUT2D eigenvalue weighted by molar-refractivity contribution is 5.87. The molecule has 3 rings (SSSR count). The molecule has 1 fully saturated rings. The lowest BCUT2D eigenvalue weighted by Crippen LogP contribution is -2.39. The average Bonchev–Trinajstić information content (AvgIpc) is 2.91. The molecule has 3 heterocycles. The summed E-state index contributed by atoms with van der Waals surface area (Å²) in [7, 11) is 0. The summed E-state index contributed by atoms with van der Waals surface area (Å²) in [6, 6.07) is 3.87. The number of pyridine rings is 1. The van der Waals surface area contributed by atoms with Gasteiger partial charge in [-0.25, -0.2) is 4.98 Å². The molecule has 1 aliphatic rings. The average molecular weight is 273 g/mol. The van der Waals surface area contributed by atoms with E-state index in [1.54, 1.807) is 6.20 Å². The van der Waals surface area contributed by atoms with Crippen LogP contribution >= 0.6 is 0 Å². The Morgan fingerprint density at radius 2 is 2.25 bits per heavy atom. The third kappa shape index (κ3) is 2.54. The van der Waals surface area contributed by atoms with Crippen molar-refractivity contribution in [1.29, 1.82) is 0 Å². The number of amides is 1. The highest BCUT2D eigenvalue weighted by Crippen LogP contribution is 2.20. The lowest BCUT2D eigenvalue weighted by atomic mass is 9.97. The van der Waals surface area contributed by atoms with Crippen molar-refractivity contribution in [2.75, 3.05) is 19.7 Å². The third-order valence-corrected chi connectivity index (χ3v) is 4.10. The number of likely N-dealkylation sites (tertiary alicyclic amines) is 1. The first-order valence-corrected chi connectivity index (χ1v) is 7.07. The number of aromatic amines is 1. The molecule has 0 radical (unpaired) electrons. The van der Waals surface area contributed by atoms with Crippen LogP contribution in [0, 0.1) is 5.92 Å². The van der Waals surface area contributed by atoms with Gasteiger partial charge in [0.2, 0.25) is 5.91 Å². The van der Waals surface area contributed by atoms with E-state index in [0.717, 1.165) is 42.5 Å². The van der Waals surface area contributed by atoms with Crippen LogP contribution in [-0.2, 0) is 11.2 Å². The van der Waals surface area contributed by atoms with Gasteiger partial charge < -0.3 is 15.0 Å². The number of aliphatic hydroxyl groups is 1. The third-order valence-electron chi connectivity index (χ3n) is 4.10. The number of carbonyl (C=O) groups excluding carboxylic acids is 1. The van der Waals surface area contributed by atoms with E-state index in [9.17, 15) is 4.79 Å². The van der Waals surface area contributed by atoms with Gasteiger partial charge in [-0.3, -0.25) is 4.79 Å². The van der Waals surface area contributed by atoms with E-state index in [1.165, 1.54) is 0 Å². The molecule has 1 amide bonds. The molecular weight excluding hydrogens is 254 g/mol. The van der Waals surface area contributed by atoms with Crippen LogP contribution in [0.5, 0.6) is 0 Å². The minimum Gasteiger partial charge on any atom is -0.396 e. The Morgan fingerprint density at radius 1 is 1.45 bits per heavy atom. The summed E-state index contributed by atoms with van der Waals surface area (Å²) in [6.07, 6.45) is 5.82. The minimum absolute atomic E-state index is 0.158. The molecule has 0 aliphatic carbocycles. The molecule has 0 saturated carbocycles. The number of H-pyrrole nitrogens is 1. The molecule has 2 N–H and O–H groups in total. The first-order valence-electron chi connectivity index (χ1n) is 7.07. The van der Waals surface area contributed by atoms with Crippen molar-refractivity contribution in [3.8, 4) is 0 Å². The number of nitrogens with one attached hydrogen (secondary N) is 1. The number of nitrogens with zero attached hydrogens (tertiary/aromatic N) is 2. The Morgan fingerprint density at radius 3 is 3.00 bits per heavy atom. The zero-order valence-electron chi connectivity index (χ0n) is 11.4. The van der Waals surface area contributed by atoms with Crippen molar-refractivity contribution < 1.29 is 9.90 Å². The van der Waals surface area contributed by atoms with Crippen LogP contribution in [0.4, 0.5) is 0 Å². The van der Waals surface area contributed by atoms with Crippen molar-refractivity contribution in [1.82, 2.24) is 14.9 Å². The topological polar surface area (TPSA) is 69.2 Å². The lowest BCUT2D eigenvalue weighted by Gasteiger charge is -2.31. The summed E-state index contributed by atoms with van der Waals surface area (Å²) < 4.78 is 0. The molecule has 5 heteroatoms. The lowest BCUT2D eigenvalue weighted by molar-refractivity contribution is -0.132. The van der Waals surface area contributed by atoms with Crippen molar-refractivity contribution in [2.45, 2.75) is 19.3 Å². The Bertz CT molecular complexity index is 600. The number of hydrogen-bond acceptors (Lipinski definition) is 3. The number of rotatable bonds is 3. The van der Waals surface area contributed by atoms with Crippen LogP contribution in [0.15, 0.2) is 24.5 Å².